The van der Waals surface area contributed by atoms with Crippen molar-refractivity contribution in [3.8, 4) is 17.0 Å². The minimum atomic E-state index is -0.546. The molecule has 0 bridgehead atoms. The Kier molecular flexibility index (Phi) is 5.08. The van der Waals surface area contributed by atoms with Crippen molar-refractivity contribution in [3.63, 3.8) is 0 Å². The molecule has 0 aliphatic heterocycles. The quantitative estimate of drug-likeness (QED) is 0.897. The molecule has 1 aromatic heterocycles. The lowest BCUT2D eigenvalue weighted by Crippen LogP contribution is -2.15. The van der Waals surface area contributed by atoms with Gasteiger partial charge in [-0.1, -0.05) is 0 Å². The first kappa shape index (κ1) is 17.3. The van der Waals surface area contributed by atoms with Gasteiger partial charge in [0.25, 0.3) is 0 Å². The number of rotatable bonds is 4. The third kappa shape index (κ3) is 3.83. The summed E-state index contributed by atoms with van der Waals surface area (Å²) in [7, 11) is 1.37. The number of carbonyl (C=O) groups is 2. The van der Waals surface area contributed by atoms with E-state index in [1.807, 2.05) is 0 Å². The largest absolute Gasteiger partial charge is 0.494 e. The van der Waals surface area contributed by atoms with Crippen molar-refractivity contribution in [2.24, 2.45) is 0 Å². The number of benzene rings is 1. The molecule has 0 aliphatic carbocycles. The number of anilines is 2. The van der Waals surface area contributed by atoms with Crippen LogP contribution in [-0.4, -0.2) is 28.9 Å². The molecule has 8 heteroatoms. The highest BCUT2D eigenvalue weighted by Gasteiger charge is 2.16. The number of carbonyl (C=O) groups excluding carboxylic acids is 2. The lowest BCUT2D eigenvalue weighted by atomic mass is 10.1. The lowest BCUT2D eigenvalue weighted by Gasteiger charge is -2.13. The summed E-state index contributed by atoms with van der Waals surface area (Å²) in [6, 6.07) is 4.37. The maximum Gasteiger partial charge on any atom is 0.231 e. The van der Waals surface area contributed by atoms with Crippen molar-refractivity contribution in [1.29, 1.82) is 0 Å². The number of hydrogen-bond donors (Lipinski definition) is 2. The first-order valence-corrected chi connectivity index (χ1v) is 7.09. The molecule has 0 saturated carbocycles. The normalized spacial score (nSPS) is 10.2. The van der Waals surface area contributed by atoms with Crippen LogP contribution in [0.5, 0.6) is 5.75 Å². The van der Waals surface area contributed by atoms with Crippen LogP contribution in [0.4, 0.5) is 16.2 Å². The molecule has 0 radical (unpaired) electrons. The predicted molar refractivity (Wildman–Crippen MR) is 87.3 cm³/mol. The van der Waals surface area contributed by atoms with Gasteiger partial charge in [0.05, 0.1) is 12.8 Å². The third-order valence-electron chi connectivity index (χ3n) is 3.15. The highest BCUT2D eigenvalue weighted by molar-refractivity contribution is 5.91. The van der Waals surface area contributed by atoms with Gasteiger partial charge in [-0.15, -0.1) is 0 Å². The second-order valence-corrected chi connectivity index (χ2v) is 5.08. The molecule has 1 aromatic carbocycles. The van der Waals surface area contributed by atoms with E-state index in [4.69, 9.17) is 4.74 Å². The number of methoxy groups -OCH3 is 1. The number of ether oxygens (including phenoxy) is 1. The van der Waals surface area contributed by atoms with E-state index in [-0.39, 0.29) is 29.3 Å². The van der Waals surface area contributed by atoms with E-state index in [0.29, 0.717) is 16.8 Å². The molecule has 1 heterocycles. The van der Waals surface area contributed by atoms with Gasteiger partial charge in [-0.2, -0.15) is 4.98 Å². The monoisotopic (exact) mass is 332 g/mol. The van der Waals surface area contributed by atoms with E-state index in [9.17, 15) is 14.0 Å². The molecular weight excluding hydrogens is 315 g/mol. The van der Waals surface area contributed by atoms with Crippen molar-refractivity contribution >= 4 is 23.6 Å². The summed E-state index contributed by atoms with van der Waals surface area (Å²) in [5.74, 6) is -0.864. The molecule has 2 N–H and O–H groups in total. The topological polar surface area (TPSA) is 93.2 Å². The van der Waals surface area contributed by atoms with Crippen LogP contribution in [-0.2, 0) is 9.59 Å². The van der Waals surface area contributed by atoms with Gasteiger partial charge in [0.15, 0.2) is 11.6 Å². The Balaban J connectivity index is 2.60. The van der Waals surface area contributed by atoms with Crippen LogP contribution in [0.1, 0.15) is 19.4 Å². The Morgan fingerprint density at radius 1 is 1.12 bits per heavy atom. The molecule has 0 spiro atoms. The van der Waals surface area contributed by atoms with Crippen molar-refractivity contribution in [1.82, 2.24) is 9.97 Å². The van der Waals surface area contributed by atoms with Crippen LogP contribution >= 0.6 is 0 Å². The van der Waals surface area contributed by atoms with Crippen LogP contribution in [0.2, 0.25) is 0 Å². The third-order valence-corrected chi connectivity index (χ3v) is 3.15. The van der Waals surface area contributed by atoms with E-state index in [1.165, 1.54) is 33.1 Å². The number of hydrogen-bond acceptors (Lipinski definition) is 5. The maximum atomic E-state index is 14.0. The van der Waals surface area contributed by atoms with Gasteiger partial charge in [0.2, 0.25) is 17.8 Å². The molecule has 2 rings (SSSR count). The molecule has 0 unspecified atom stereocenters. The number of halogens is 1. The molecule has 24 heavy (non-hydrogen) atoms. The van der Waals surface area contributed by atoms with Gasteiger partial charge >= 0.3 is 0 Å². The Labute approximate surface area is 138 Å². The Morgan fingerprint density at radius 3 is 2.33 bits per heavy atom. The zero-order valence-corrected chi connectivity index (χ0v) is 13.7. The smallest absolute Gasteiger partial charge is 0.231 e. The van der Waals surface area contributed by atoms with Gasteiger partial charge in [-0.3, -0.25) is 14.9 Å². The SMILES string of the molecule is COc1ccc(-c2nc(NC(C)=O)nc(NC(C)=O)c2C)cc1F. The van der Waals surface area contributed by atoms with Crippen LogP contribution in [0, 0.1) is 12.7 Å². The molecule has 2 amide bonds. The Morgan fingerprint density at radius 2 is 1.79 bits per heavy atom. The Hall–Kier alpha value is -3.03. The first-order valence-electron chi connectivity index (χ1n) is 7.09. The van der Waals surface area contributed by atoms with Gasteiger partial charge < -0.3 is 10.1 Å². The minimum absolute atomic E-state index is 0.0167. The summed E-state index contributed by atoms with van der Waals surface area (Å²) >= 11 is 0. The summed E-state index contributed by atoms with van der Waals surface area (Å²) in [6.07, 6.45) is 0. The van der Waals surface area contributed by atoms with E-state index >= 15 is 0 Å². The molecule has 126 valence electrons. The van der Waals surface area contributed by atoms with Gasteiger partial charge in [0.1, 0.15) is 5.82 Å². The Bertz CT molecular complexity index is 808. The summed E-state index contributed by atoms with van der Waals surface area (Å²) < 4.78 is 18.9. The molecule has 0 atom stereocenters. The average molecular weight is 332 g/mol. The predicted octanol–water partition coefficient (Wildman–Crippen LogP) is 2.52. The fourth-order valence-electron chi connectivity index (χ4n) is 2.11. The van der Waals surface area contributed by atoms with E-state index in [0.717, 1.165) is 0 Å². The number of amides is 2. The highest BCUT2D eigenvalue weighted by Crippen LogP contribution is 2.30. The number of nitrogens with one attached hydrogen (secondary N) is 2. The summed E-state index contributed by atoms with van der Waals surface area (Å²) in [5.41, 5.74) is 1.40. The van der Waals surface area contributed by atoms with Crippen molar-refractivity contribution < 1.29 is 18.7 Å². The standard InChI is InChI=1S/C16H17FN4O3/c1-8-14(11-5-6-13(24-4)12(17)7-11)20-16(19-10(3)23)21-15(8)18-9(2)22/h5-7H,1-4H3,(H2,18,19,20,21,22,23). The van der Waals surface area contributed by atoms with Gasteiger partial charge in [-0.05, 0) is 25.1 Å². The average Bonchev–Trinajstić information content (AvgIpc) is 2.49. The molecule has 0 fully saturated rings. The molecule has 0 aliphatic rings. The number of nitrogens with zero attached hydrogens (tertiary/aromatic N) is 2. The summed E-state index contributed by atoms with van der Waals surface area (Å²) in [4.78, 5) is 31.0. The van der Waals surface area contributed by atoms with E-state index in [1.54, 1.807) is 13.0 Å². The molecular formula is C16H17FN4O3. The fourth-order valence-corrected chi connectivity index (χ4v) is 2.11. The van der Waals surface area contributed by atoms with Crippen LogP contribution < -0.4 is 15.4 Å². The summed E-state index contributed by atoms with van der Waals surface area (Å²) in [6.45, 7) is 4.35. The van der Waals surface area contributed by atoms with Crippen molar-refractivity contribution in [3.05, 3.63) is 29.6 Å². The second-order valence-electron chi connectivity index (χ2n) is 5.08. The van der Waals surface area contributed by atoms with Gasteiger partial charge in [-0.25, -0.2) is 9.37 Å². The van der Waals surface area contributed by atoms with E-state index in [2.05, 4.69) is 20.6 Å². The highest BCUT2D eigenvalue weighted by atomic mass is 19.1. The number of aromatic nitrogens is 2. The van der Waals surface area contributed by atoms with E-state index < -0.39 is 5.82 Å². The zero-order chi connectivity index (χ0) is 17.9. The minimum Gasteiger partial charge on any atom is -0.494 e. The zero-order valence-electron chi connectivity index (χ0n) is 13.7. The van der Waals surface area contributed by atoms with Gasteiger partial charge in [0, 0.05) is 25.0 Å². The maximum absolute atomic E-state index is 14.0. The second kappa shape index (κ2) is 7.03. The summed E-state index contributed by atoms with van der Waals surface area (Å²) in [5, 5.41) is 5.04. The molecule has 2 aromatic rings. The molecule has 0 saturated heterocycles. The van der Waals surface area contributed by atoms with Crippen molar-refractivity contribution in [2.45, 2.75) is 20.8 Å². The van der Waals surface area contributed by atoms with Crippen LogP contribution in [0.15, 0.2) is 18.2 Å². The molecule has 7 nitrogen and oxygen atoms in total. The van der Waals surface area contributed by atoms with Crippen LogP contribution in [0.3, 0.4) is 0 Å². The fraction of sp³-hybridized carbons (Fsp3) is 0.250. The first-order chi connectivity index (χ1) is 11.3. The van der Waals surface area contributed by atoms with Crippen LogP contribution in [0.25, 0.3) is 11.3 Å². The lowest BCUT2D eigenvalue weighted by molar-refractivity contribution is -0.115. The van der Waals surface area contributed by atoms with Crippen molar-refractivity contribution in [2.75, 3.05) is 17.7 Å².